The van der Waals surface area contributed by atoms with Gasteiger partial charge in [0.1, 0.15) is 5.82 Å². The standard InChI is InChI=1S/C14H14BrFS/c1-8-4-5-17-14(8)12(15)11-6-9(2)13(16)10(3)7-11/h4-7,12H,1-3H3. The van der Waals surface area contributed by atoms with Crippen LogP contribution in [-0.4, -0.2) is 0 Å². The molecule has 0 bridgehead atoms. The Labute approximate surface area is 114 Å². The van der Waals surface area contributed by atoms with E-state index in [1.54, 1.807) is 11.3 Å². The van der Waals surface area contributed by atoms with Crippen molar-refractivity contribution in [1.82, 2.24) is 0 Å². The summed E-state index contributed by atoms with van der Waals surface area (Å²) in [6.45, 7) is 5.73. The van der Waals surface area contributed by atoms with E-state index in [0.717, 1.165) is 5.56 Å². The highest BCUT2D eigenvalue weighted by Gasteiger charge is 2.16. The minimum atomic E-state index is -0.101. The predicted octanol–water partition coefficient (Wildman–Crippen LogP) is 5.30. The Morgan fingerprint density at radius 2 is 1.71 bits per heavy atom. The number of alkyl halides is 1. The smallest absolute Gasteiger partial charge is 0.129 e. The third-order valence-corrected chi connectivity index (χ3v) is 5.26. The molecule has 0 N–H and O–H groups in total. The lowest BCUT2D eigenvalue weighted by Crippen LogP contribution is -1.96. The van der Waals surface area contributed by atoms with E-state index in [1.165, 1.54) is 10.4 Å². The van der Waals surface area contributed by atoms with Gasteiger partial charge < -0.3 is 0 Å². The van der Waals surface area contributed by atoms with Crippen LogP contribution in [0, 0.1) is 26.6 Å². The van der Waals surface area contributed by atoms with E-state index in [9.17, 15) is 4.39 Å². The van der Waals surface area contributed by atoms with E-state index in [0.29, 0.717) is 11.1 Å². The molecule has 0 fully saturated rings. The Bertz CT molecular complexity index is 522. The highest BCUT2D eigenvalue weighted by atomic mass is 79.9. The third kappa shape index (κ3) is 2.45. The Morgan fingerprint density at radius 3 is 2.18 bits per heavy atom. The maximum absolute atomic E-state index is 13.6. The van der Waals surface area contributed by atoms with Crippen molar-refractivity contribution in [3.63, 3.8) is 0 Å². The first kappa shape index (κ1) is 12.8. The van der Waals surface area contributed by atoms with Gasteiger partial charge in [-0.1, -0.05) is 28.1 Å². The fourth-order valence-corrected chi connectivity index (χ4v) is 3.80. The molecule has 0 aliphatic heterocycles. The van der Waals surface area contributed by atoms with E-state index >= 15 is 0 Å². The lowest BCUT2D eigenvalue weighted by molar-refractivity contribution is 0.608. The van der Waals surface area contributed by atoms with Crippen LogP contribution in [-0.2, 0) is 0 Å². The fourth-order valence-electron chi connectivity index (χ4n) is 1.92. The number of halogens is 2. The number of aryl methyl sites for hydroxylation is 3. The minimum Gasteiger partial charge on any atom is -0.206 e. The summed E-state index contributed by atoms with van der Waals surface area (Å²) in [5, 5.41) is 2.09. The number of rotatable bonds is 2. The SMILES string of the molecule is Cc1ccsc1C(Br)c1cc(C)c(F)c(C)c1. The minimum absolute atomic E-state index is 0.101. The zero-order valence-corrected chi connectivity index (χ0v) is 12.5. The zero-order chi connectivity index (χ0) is 12.6. The molecule has 0 radical (unpaired) electrons. The molecular formula is C14H14BrFS. The molecule has 2 aromatic rings. The maximum atomic E-state index is 13.6. The van der Waals surface area contributed by atoms with Crippen molar-refractivity contribution >= 4 is 27.3 Å². The maximum Gasteiger partial charge on any atom is 0.129 e. The van der Waals surface area contributed by atoms with E-state index in [2.05, 4.69) is 34.3 Å². The van der Waals surface area contributed by atoms with Crippen molar-refractivity contribution in [2.24, 2.45) is 0 Å². The highest BCUT2D eigenvalue weighted by molar-refractivity contribution is 9.09. The molecule has 2 rings (SSSR count). The first-order valence-corrected chi connectivity index (χ1v) is 7.25. The molecule has 0 saturated heterocycles. The van der Waals surface area contributed by atoms with E-state index in [1.807, 2.05) is 26.0 Å². The predicted molar refractivity (Wildman–Crippen MR) is 75.7 cm³/mol. The molecule has 90 valence electrons. The van der Waals surface area contributed by atoms with Crippen LogP contribution in [0.5, 0.6) is 0 Å². The molecule has 1 unspecified atom stereocenters. The molecule has 0 amide bonds. The van der Waals surface area contributed by atoms with Gasteiger partial charge in [0.05, 0.1) is 4.83 Å². The Morgan fingerprint density at radius 1 is 1.12 bits per heavy atom. The first-order chi connectivity index (χ1) is 8.00. The van der Waals surface area contributed by atoms with Crippen molar-refractivity contribution in [3.8, 4) is 0 Å². The summed E-state index contributed by atoms with van der Waals surface area (Å²) < 4.78 is 13.6. The van der Waals surface area contributed by atoms with Gasteiger partial charge in [-0.05, 0) is 54.5 Å². The summed E-state index contributed by atoms with van der Waals surface area (Å²) >= 11 is 5.43. The zero-order valence-electron chi connectivity index (χ0n) is 10.1. The van der Waals surface area contributed by atoms with Gasteiger partial charge in [0.15, 0.2) is 0 Å². The summed E-state index contributed by atoms with van der Waals surface area (Å²) in [5.74, 6) is -0.101. The van der Waals surface area contributed by atoms with Crippen molar-refractivity contribution in [3.05, 3.63) is 56.5 Å². The topological polar surface area (TPSA) is 0 Å². The van der Waals surface area contributed by atoms with Gasteiger partial charge in [-0.15, -0.1) is 11.3 Å². The number of benzene rings is 1. The van der Waals surface area contributed by atoms with Gasteiger partial charge >= 0.3 is 0 Å². The lowest BCUT2D eigenvalue weighted by Gasteiger charge is -2.12. The van der Waals surface area contributed by atoms with Gasteiger partial charge in [-0.25, -0.2) is 4.39 Å². The van der Waals surface area contributed by atoms with Crippen molar-refractivity contribution in [1.29, 1.82) is 0 Å². The Balaban J connectivity index is 2.45. The lowest BCUT2D eigenvalue weighted by atomic mass is 10.0. The van der Waals surface area contributed by atoms with Crippen LogP contribution in [0.1, 0.15) is 32.0 Å². The molecule has 0 aliphatic carbocycles. The van der Waals surface area contributed by atoms with Gasteiger partial charge in [-0.3, -0.25) is 0 Å². The molecule has 1 atom stereocenters. The Hall–Kier alpha value is -0.670. The van der Waals surface area contributed by atoms with Gasteiger partial charge in [0.25, 0.3) is 0 Å². The number of thiophene rings is 1. The molecule has 0 saturated carbocycles. The number of hydrogen-bond acceptors (Lipinski definition) is 1. The van der Waals surface area contributed by atoms with Crippen LogP contribution in [0.3, 0.4) is 0 Å². The fraction of sp³-hybridized carbons (Fsp3) is 0.286. The van der Waals surface area contributed by atoms with E-state index in [4.69, 9.17) is 0 Å². The molecule has 3 heteroatoms. The second-order valence-electron chi connectivity index (χ2n) is 4.30. The average molecular weight is 313 g/mol. The quantitative estimate of drug-likeness (QED) is 0.660. The molecule has 1 aromatic heterocycles. The molecule has 0 spiro atoms. The van der Waals surface area contributed by atoms with Crippen molar-refractivity contribution < 1.29 is 4.39 Å². The molecule has 0 aliphatic rings. The number of hydrogen-bond donors (Lipinski definition) is 0. The second-order valence-corrected chi connectivity index (χ2v) is 6.16. The van der Waals surface area contributed by atoms with Crippen molar-refractivity contribution in [2.75, 3.05) is 0 Å². The van der Waals surface area contributed by atoms with Gasteiger partial charge in [-0.2, -0.15) is 0 Å². The highest BCUT2D eigenvalue weighted by Crippen LogP contribution is 2.37. The molecule has 1 heterocycles. The third-order valence-electron chi connectivity index (χ3n) is 2.88. The monoisotopic (exact) mass is 312 g/mol. The van der Waals surface area contributed by atoms with Crippen molar-refractivity contribution in [2.45, 2.75) is 25.6 Å². The van der Waals surface area contributed by atoms with Crippen LogP contribution in [0.2, 0.25) is 0 Å². The van der Waals surface area contributed by atoms with E-state index < -0.39 is 0 Å². The normalized spacial score (nSPS) is 12.8. The van der Waals surface area contributed by atoms with Crippen LogP contribution >= 0.6 is 27.3 Å². The van der Waals surface area contributed by atoms with Gasteiger partial charge in [0.2, 0.25) is 0 Å². The molecule has 17 heavy (non-hydrogen) atoms. The summed E-state index contributed by atoms with van der Waals surface area (Å²) in [4.78, 5) is 1.44. The summed E-state index contributed by atoms with van der Waals surface area (Å²) in [7, 11) is 0. The molecule has 0 nitrogen and oxygen atoms in total. The second kappa shape index (κ2) is 4.91. The Kier molecular flexibility index (Phi) is 3.69. The van der Waals surface area contributed by atoms with E-state index in [-0.39, 0.29) is 10.6 Å². The summed E-state index contributed by atoms with van der Waals surface area (Å²) in [6, 6.07) is 5.94. The largest absolute Gasteiger partial charge is 0.206 e. The average Bonchev–Trinajstić information content (AvgIpc) is 2.70. The van der Waals surface area contributed by atoms with Crippen LogP contribution < -0.4 is 0 Å². The van der Waals surface area contributed by atoms with Crippen LogP contribution in [0.4, 0.5) is 4.39 Å². The van der Waals surface area contributed by atoms with Crippen LogP contribution in [0.15, 0.2) is 23.6 Å². The van der Waals surface area contributed by atoms with Crippen LogP contribution in [0.25, 0.3) is 0 Å². The molecule has 1 aromatic carbocycles. The van der Waals surface area contributed by atoms with Gasteiger partial charge in [0, 0.05) is 4.88 Å². The summed E-state index contributed by atoms with van der Waals surface area (Å²) in [5.41, 5.74) is 3.81. The summed E-state index contributed by atoms with van der Waals surface area (Å²) in [6.07, 6.45) is 0. The first-order valence-electron chi connectivity index (χ1n) is 5.45. The molecular weight excluding hydrogens is 299 g/mol.